The molecule has 0 saturated carbocycles. The fourth-order valence-corrected chi connectivity index (χ4v) is 4.70. The summed E-state index contributed by atoms with van der Waals surface area (Å²) < 4.78 is 16.1. The molecule has 3 aromatic rings. The van der Waals surface area contributed by atoms with Crippen LogP contribution in [0, 0.1) is 5.82 Å². The number of aromatic nitrogens is 4. The van der Waals surface area contributed by atoms with Crippen molar-refractivity contribution >= 4 is 28.7 Å². The molecular formula is C24H30FN5O3S. The minimum absolute atomic E-state index is 0.0420. The van der Waals surface area contributed by atoms with Gasteiger partial charge in [0.05, 0.1) is 5.25 Å². The molecule has 34 heavy (non-hydrogen) atoms. The highest BCUT2D eigenvalue weighted by Crippen LogP contribution is 2.29. The Hall–Kier alpha value is -3.01. The fraction of sp³-hybridized carbons (Fsp3) is 0.458. The van der Waals surface area contributed by atoms with Crippen LogP contribution in [0.3, 0.4) is 0 Å². The number of nitrogens with zero attached hydrogens (tertiary/aromatic N) is 5. The molecule has 3 rings (SSSR count). The summed E-state index contributed by atoms with van der Waals surface area (Å²) in [5.41, 5.74) is 0.0598. The average Bonchev–Trinajstić information content (AvgIpc) is 2.79. The molecule has 10 heteroatoms. The van der Waals surface area contributed by atoms with Gasteiger partial charge < -0.3 is 4.90 Å². The monoisotopic (exact) mass is 487 g/mol. The van der Waals surface area contributed by atoms with Crippen LogP contribution in [0.2, 0.25) is 0 Å². The van der Waals surface area contributed by atoms with Crippen LogP contribution in [0.25, 0.3) is 11.0 Å². The predicted molar refractivity (Wildman–Crippen MR) is 132 cm³/mol. The van der Waals surface area contributed by atoms with Gasteiger partial charge in [0, 0.05) is 33.1 Å². The Morgan fingerprint density at radius 1 is 1.21 bits per heavy atom. The molecular weight excluding hydrogens is 457 g/mol. The smallest absolute Gasteiger partial charge is 0.332 e. The zero-order valence-corrected chi connectivity index (χ0v) is 21.1. The van der Waals surface area contributed by atoms with Crippen molar-refractivity contribution in [1.29, 1.82) is 0 Å². The lowest BCUT2D eigenvalue weighted by Gasteiger charge is -2.22. The summed E-state index contributed by atoms with van der Waals surface area (Å²) in [4.78, 5) is 49.7. The van der Waals surface area contributed by atoms with E-state index in [1.54, 1.807) is 26.1 Å². The molecule has 0 radical (unpaired) electrons. The van der Waals surface area contributed by atoms with Gasteiger partial charge in [0.1, 0.15) is 22.1 Å². The Bertz CT molecular complexity index is 1330. The van der Waals surface area contributed by atoms with E-state index in [9.17, 15) is 18.8 Å². The van der Waals surface area contributed by atoms with E-state index in [1.165, 1.54) is 40.4 Å². The molecule has 0 aliphatic carbocycles. The van der Waals surface area contributed by atoms with Gasteiger partial charge in [0.15, 0.2) is 5.65 Å². The number of thioether (sulfide) groups is 1. The quantitative estimate of drug-likeness (QED) is 0.358. The lowest BCUT2D eigenvalue weighted by Crippen LogP contribution is -2.39. The van der Waals surface area contributed by atoms with Crippen LogP contribution in [0.5, 0.6) is 0 Å². The molecule has 0 fully saturated rings. The minimum Gasteiger partial charge on any atom is -0.340 e. The van der Waals surface area contributed by atoms with Crippen molar-refractivity contribution in [1.82, 2.24) is 24.0 Å². The third-order valence-corrected chi connectivity index (χ3v) is 6.52. The Labute approximate surface area is 201 Å². The molecule has 0 spiro atoms. The zero-order valence-electron chi connectivity index (χ0n) is 20.3. The van der Waals surface area contributed by atoms with Crippen LogP contribution in [-0.4, -0.2) is 42.2 Å². The third kappa shape index (κ3) is 5.22. The van der Waals surface area contributed by atoms with E-state index in [2.05, 4.69) is 9.97 Å². The molecule has 1 amide bonds. The van der Waals surface area contributed by atoms with Crippen molar-refractivity contribution in [3.63, 3.8) is 0 Å². The number of aryl methyl sites for hydroxylation is 1. The predicted octanol–water partition coefficient (Wildman–Crippen LogP) is 3.30. The fourth-order valence-electron chi connectivity index (χ4n) is 3.64. The summed E-state index contributed by atoms with van der Waals surface area (Å²) in [6.45, 7) is 8.21. The number of carbonyl (C=O) groups excluding carboxylic acids is 1. The second-order valence-corrected chi connectivity index (χ2v) is 9.95. The van der Waals surface area contributed by atoms with E-state index in [1.807, 2.05) is 20.8 Å². The standard InChI is InChI=1S/C24H30FN5O3S/c1-7-11-30-20-18(23(32)29(6)24(30)33)21(27-19(26-20)14(2)3)34-15(4)22(31)28(5)13-16-9-8-10-17(25)12-16/h8-10,12,14-15H,7,11,13H2,1-6H3/t15-/m0/s1. The van der Waals surface area contributed by atoms with E-state index >= 15 is 0 Å². The largest absolute Gasteiger partial charge is 0.340 e. The molecule has 0 unspecified atom stereocenters. The van der Waals surface area contributed by atoms with Gasteiger partial charge >= 0.3 is 5.69 Å². The molecule has 0 aliphatic rings. The molecule has 8 nitrogen and oxygen atoms in total. The maximum absolute atomic E-state index is 13.5. The van der Waals surface area contributed by atoms with Crippen LogP contribution in [0.1, 0.15) is 51.4 Å². The lowest BCUT2D eigenvalue weighted by molar-refractivity contribution is -0.129. The summed E-state index contributed by atoms with van der Waals surface area (Å²) in [7, 11) is 3.09. The highest BCUT2D eigenvalue weighted by Gasteiger charge is 2.25. The SMILES string of the molecule is CCCn1c(=O)n(C)c(=O)c2c(S[C@@H](C)C(=O)N(C)Cc3cccc(F)c3)nc(C(C)C)nc21. The molecule has 2 aromatic heterocycles. The van der Waals surface area contributed by atoms with Crippen LogP contribution < -0.4 is 11.2 Å². The summed E-state index contributed by atoms with van der Waals surface area (Å²) in [5, 5.41) is 0.0319. The van der Waals surface area contributed by atoms with E-state index < -0.39 is 16.5 Å². The molecule has 0 bridgehead atoms. The van der Waals surface area contributed by atoms with Crippen molar-refractivity contribution in [2.24, 2.45) is 7.05 Å². The second-order valence-electron chi connectivity index (χ2n) is 8.62. The Morgan fingerprint density at radius 2 is 1.91 bits per heavy atom. The van der Waals surface area contributed by atoms with Gasteiger partial charge in [-0.25, -0.2) is 19.2 Å². The van der Waals surface area contributed by atoms with Gasteiger partial charge in [0.25, 0.3) is 5.56 Å². The van der Waals surface area contributed by atoms with Crippen LogP contribution in [0.15, 0.2) is 38.9 Å². The first kappa shape index (κ1) is 25.6. The van der Waals surface area contributed by atoms with Crippen LogP contribution in [0.4, 0.5) is 4.39 Å². The molecule has 2 heterocycles. The molecule has 1 atom stereocenters. The zero-order chi connectivity index (χ0) is 25.2. The minimum atomic E-state index is -0.576. The van der Waals surface area contributed by atoms with Crippen LogP contribution in [-0.2, 0) is 24.9 Å². The Balaban J connectivity index is 2.03. The van der Waals surface area contributed by atoms with E-state index in [0.717, 1.165) is 4.57 Å². The highest BCUT2D eigenvalue weighted by atomic mass is 32.2. The Morgan fingerprint density at radius 3 is 2.53 bits per heavy atom. The van der Waals surface area contributed by atoms with Crippen molar-refractivity contribution in [2.45, 2.75) is 63.4 Å². The number of hydrogen-bond acceptors (Lipinski definition) is 6. The van der Waals surface area contributed by atoms with Gasteiger partial charge in [-0.2, -0.15) is 0 Å². The average molecular weight is 488 g/mol. The normalized spacial score (nSPS) is 12.4. The maximum Gasteiger partial charge on any atom is 0.332 e. The molecule has 182 valence electrons. The molecule has 0 saturated heterocycles. The topological polar surface area (TPSA) is 90.1 Å². The lowest BCUT2D eigenvalue weighted by atomic mass is 10.2. The van der Waals surface area contributed by atoms with Crippen molar-refractivity contribution in [3.8, 4) is 0 Å². The van der Waals surface area contributed by atoms with E-state index in [4.69, 9.17) is 0 Å². The van der Waals surface area contributed by atoms with Gasteiger partial charge in [-0.1, -0.05) is 44.7 Å². The van der Waals surface area contributed by atoms with Gasteiger partial charge in [0.2, 0.25) is 5.91 Å². The van der Waals surface area contributed by atoms with Gasteiger partial charge in [-0.15, -0.1) is 0 Å². The molecule has 1 aromatic carbocycles. The maximum atomic E-state index is 13.5. The second kappa shape index (κ2) is 10.5. The first-order chi connectivity index (χ1) is 16.0. The third-order valence-electron chi connectivity index (χ3n) is 5.45. The van der Waals surface area contributed by atoms with Gasteiger partial charge in [-0.3, -0.25) is 18.7 Å². The number of hydrogen-bond donors (Lipinski definition) is 0. The number of benzene rings is 1. The van der Waals surface area contributed by atoms with Gasteiger partial charge in [-0.05, 0) is 31.0 Å². The number of amides is 1. The van der Waals surface area contributed by atoms with E-state index in [0.29, 0.717) is 35.0 Å². The summed E-state index contributed by atoms with van der Waals surface area (Å²) in [6, 6.07) is 6.11. The summed E-state index contributed by atoms with van der Waals surface area (Å²) >= 11 is 1.17. The highest BCUT2D eigenvalue weighted by molar-refractivity contribution is 8.00. The Kier molecular flexibility index (Phi) is 7.91. The number of rotatable bonds is 8. The molecule has 0 N–H and O–H groups in total. The summed E-state index contributed by atoms with van der Waals surface area (Å²) in [5.74, 6) is -0.0887. The summed E-state index contributed by atoms with van der Waals surface area (Å²) in [6.07, 6.45) is 0.691. The first-order valence-electron chi connectivity index (χ1n) is 11.2. The number of carbonyl (C=O) groups is 1. The van der Waals surface area contributed by atoms with Crippen molar-refractivity contribution in [3.05, 3.63) is 62.3 Å². The number of fused-ring (bicyclic) bond motifs is 1. The molecule has 0 aliphatic heterocycles. The van der Waals surface area contributed by atoms with Crippen LogP contribution >= 0.6 is 11.8 Å². The van der Waals surface area contributed by atoms with E-state index in [-0.39, 0.29) is 29.6 Å². The first-order valence-corrected chi connectivity index (χ1v) is 12.1. The van der Waals surface area contributed by atoms with Crippen molar-refractivity contribution in [2.75, 3.05) is 7.05 Å². The van der Waals surface area contributed by atoms with Crippen molar-refractivity contribution < 1.29 is 9.18 Å². The number of halogens is 1.